The van der Waals surface area contributed by atoms with Crippen LogP contribution in [0, 0.1) is 0 Å². The van der Waals surface area contributed by atoms with Crippen LogP contribution in [-0.2, 0) is 4.74 Å². The number of ether oxygens (including phenoxy) is 2. The van der Waals surface area contributed by atoms with Crippen LogP contribution in [0.5, 0.6) is 5.75 Å². The molecule has 1 aliphatic heterocycles. The topological polar surface area (TPSA) is 33.7 Å². The van der Waals surface area contributed by atoms with Gasteiger partial charge in [0.15, 0.2) is 0 Å². The Morgan fingerprint density at radius 2 is 2.10 bits per heavy atom. The number of nitrogens with one attached hydrogen (secondary N) is 1. The van der Waals surface area contributed by atoms with E-state index < -0.39 is 0 Å². The zero-order chi connectivity index (χ0) is 14.2. The van der Waals surface area contributed by atoms with Crippen molar-refractivity contribution in [1.82, 2.24) is 10.2 Å². The van der Waals surface area contributed by atoms with Gasteiger partial charge in [0.25, 0.3) is 0 Å². The fourth-order valence-corrected chi connectivity index (χ4v) is 2.45. The van der Waals surface area contributed by atoms with Gasteiger partial charge in [-0.05, 0) is 19.1 Å². The predicted octanol–water partition coefficient (Wildman–Crippen LogP) is 1.68. The Kier molecular flexibility index (Phi) is 6.24. The number of morpholine rings is 1. The molecule has 20 heavy (non-hydrogen) atoms. The van der Waals surface area contributed by atoms with E-state index in [-0.39, 0.29) is 0 Å². The van der Waals surface area contributed by atoms with Gasteiger partial charge in [-0.2, -0.15) is 0 Å². The highest BCUT2D eigenvalue weighted by Crippen LogP contribution is 2.18. The highest BCUT2D eigenvalue weighted by atomic mass is 32.1. The van der Waals surface area contributed by atoms with Crippen molar-refractivity contribution in [2.24, 2.45) is 0 Å². The van der Waals surface area contributed by atoms with Crippen molar-refractivity contribution >= 4 is 17.2 Å². The smallest absolute Gasteiger partial charge is 0.129 e. The molecule has 0 saturated carbocycles. The molecule has 1 heterocycles. The lowest BCUT2D eigenvalue weighted by atomic mass is 10.2. The maximum absolute atomic E-state index is 5.60. The maximum atomic E-state index is 5.60. The van der Waals surface area contributed by atoms with E-state index in [1.165, 1.54) is 0 Å². The number of hydrogen-bond acceptors (Lipinski definition) is 4. The number of nitrogens with zero attached hydrogens (tertiary/aromatic N) is 1. The molecule has 1 aliphatic rings. The van der Waals surface area contributed by atoms with Gasteiger partial charge in [0.1, 0.15) is 10.7 Å². The summed E-state index contributed by atoms with van der Waals surface area (Å²) in [7, 11) is 0. The van der Waals surface area contributed by atoms with Crippen LogP contribution in [-0.4, -0.2) is 55.9 Å². The van der Waals surface area contributed by atoms with Crippen molar-refractivity contribution in [3.8, 4) is 5.75 Å². The van der Waals surface area contributed by atoms with E-state index in [1.807, 2.05) is 31.2 Å². The molecule has 1 N–H and O–H groups in total. The molecule has 0 aliphatic carbocycles. The average Bonchev–Trinajstić information content (AvgIpc) is 2.49. The van der Waals surface area contributed by atoms with E-state index in [0.717, 1.165) is 55.7 Å². The van der Waals surface area contributed by atoms with Crippen LogP contribution < -0.4 is 10.1 Å². The van der Waals surface area contributed by atoms with Crippen molar-refractivity contribution in [2.75, 3.05) is 46.0 Å². The highest BCUT2D eigenvalue weighted by Gasteiger charge is 2.11. The van der Waals surface area contributed by atoms with Gasteiger partial charge in [-0.1, -0.05) is 24.4 Å². The Bertz CT molecular complexity index is 434. The van der Waals surface area contributed by atoms with Crippen LogP contribution in [0.4, 0.5) is 0 Å². The summed E-state index contributed by atoms with van der Waals surface area (Å²) in [5, 5.41) is 3.31. The lowest BCUT2D eigenvalue weighted by molar-refractivity contribution is 0.0389. The van der Waals surface area contributed by atoms with Crippen LogP contribution in [0.25, 0.3) is 0 Å². The molecule has 2 rings (SSSR count). The van der Waals surface area contributed by atoms with Crippen molar-refractivity contribution in [3.63, 3.8) is 0 Å². The Morgan fingerprint density at radius 1 is 1.35 bits per heavy atom. The number of rotatable bonds is 6. The van der Waals surface area contributed by atoms with Crippen molar-refractivity contribution < 1.29 is 9.47 Å². The Labute approximate surface area is 126 Å². The standard InChI is InChI=1S/C15H22N2O2S/c1-2-19-14-6-4-3-5-13(14)15(20)16-7-8-17-9-11-18-12-10-17/h3-6H,2,7-12H2,1H3,(H,16,20). The molecule has 0 atom stereocenters. The molecule has 0 spiro atoms. The summed E-state index contributed by atoms with van der Waals surface area (Å²) in [6.45, 7) is 8.13. The minimum atomic E-state index is 0.646. The summed E-state index contributed by atoms with van der Waals surface area (Å²) in [5.41, 5.74) is 0.964. The van der Waals surface area contributed by atoms with Crippen molar-refractivity contribution in [2.45, 2.75) is 6.92 Å². The third-order valence-corrected chi connectivity index (χ3v) is 3.61. The molecule has 5 heteroatoms. The third-order valence-electron chi connectivity index (χ3n) is 3.25. The molecule has 0 radical (unpaired) electrons. The zero-order valence-electron chi connectivity index (χ0n) is 11.9. The molecule has 110 valence electrons. The number of benzene rings is 1. The number of hydrogen-bond donors (Lipinski definition) is 1. The molecular formula is C15H22N2O2S. The first-order valence-corrected chi connectivity index (χ1v) is 7.52. The van der Waals surface area contributed by atoms with Crippen LogP contribution >= 0.6 is 12.2 Å². The van der Waals surface area contributed by atoms with Gasteiger partial charge in [0.2, 0.25) is 0 Å². The van der Waals surface area contributed by atoms with Crippen LogP contribution in [0.3, 0.4) is 0 Å². The first-order valence-electron chi connectivity index (χ1n) is 7.11. The first-order chi connectivity index (χ1) is 9.81. The van der Waals surface area contributed by atoms with E-state index in [0.29, 0.717) is 6.61 Å². The van der Waals surface area contributed by atoms with Gasteiger partial charge in [-0.3, -0.25) is 4.90 Å². The van der Waals surface area contributed by atoms with Gasteiger partial charge >= 0.3 is 0 Å². The lowest BCUT2D eigenvalue weighted by Crippen LogP contribution is -2.41. The monoisotopic (exact) mass is 294 g/mol. The quantitative estimate of drug-likeness (QED) is 0.808. The van der Waals surface area contributed by atoms with Gasteiger partial charge in [-0.25, -0.2) is 0 Å². The Balaban J connectivity index is 1.82. The van der Waals surface area contributed by atoms with E-state index in [2.05, 4.69) is 10.2 Å². The van der Waals surface area contributed by atoms with Crippen LogP contribution in [0.1, 0.15) is 12.5 Å². The van der Waals surface area contributed by atoms with Gasteiger partial charge in [0.05, 0.1) is 25.4 Å². The van der Waals surface area contributed by atoms with E-state index in [4.69, 9.17) is 21.7 Å². The molecule has 0 unspecified atom stereocenters. The molecule has 4 nitrogen and oxygen atoms in total. The van der Waals surface area contributed by atoms with Crippen molar-refractivity contribution in [1.29, 1.82) is 0 Å². The van der Waals surface area contributed by atoms with E-state index >= 15 is 0 Å². The summed E-state index contributed by atoms with van der Waals surface area (Å²) < 4.78 is 10.9. The molecule has 0 aromatic heterocycles. The summed E-state index contributed by atoms with van der Waals surface area (Å²) >= 11 is 5.45. The van der Waals surface area contributed by atoms with Gasteiger partial charge in [0, 0.05) is 26.2 Å². The van der Waals surface area contributed by atoms with Crippen molar-refractivity contribution in [3.05, 3.63) is 29.8 Å². The highest BCUT2D eigenvalue weighted by molar-refractivity contribution is 7.80. The van der Waals surface area contributed by atoms with Gasteiger partial charge < -0.3 is 14.8 Å². The average molecular weight is 294 g/mol. The SMILES string of the molecule is CCOc1ccccc1C(=S)NCCN1CCOCC1. The Hall–Kier alpha value is -1.17. The zero-order valence-corrected chi connectivity index (χ0v) is 12.7. The van der Waals surface area contributed by atoms with Crippen LogP contribution in [0.15, 0.2) is 24.3 Å². The Morgan fingerprint density at radius 3 is 2.85 bits per heavy atom. The summed E-state index contributed by atoms with van der Waals surface area (Å²) in [4.78, 5) is 3.13. The number of thiocarbonyl (C=S) groups is 1. The normalized spacial score (nSPS) is 15.8. The van der Waals surface area contributed by atoms with Crippen LogP contribution in [0.2, 0.25) is 0 Å². The molecular weight excluding hydrogens is 272 g/mol. The molecule has 1 fully saturated rings. The largest absolute Gasteiger partial charge is 0.493 e. The number of para-hydroxylation sites is 1. The third kappa shape index (κ3) is 4.44. The second-order valence-corrected chi connectivity index (χ2v) is 5.05. The second-order valence-electron chi connectivity index (χ2n) is 4.64. The van der Waals surface area contributed by atoms with E-state index in [1.54, 1.807) is 0 Å². The minimum absolute atomic E-state index is 0.646. The fourth-order valence-electron chi connectivity index (χ4n) is 2.18. The second kappa shape index (κ2) is 8.19. The molecule has 0 bridgehead atoms. The summed E-state index contributed by atoms with van der Waals surface area (Å²) in [6, 6.07) is 7.89. The first kappa shape index (κ1) is 15.2. The maximum Gasteiger partial charge on any atom is 0.129 e. The van der Waals surface area contributed by atoms with E-state index in [9.17, 15) is 0 Å². The fraction of sp³-hybridized carbons (Fsp3) is 0.533. The minimum Gasteiger partial charge on any atom is -0.493 e. The molecule has 1 saturated heterocycles. The summed E-state index contributed by atoms with van der Waals surface area (Å²) in [5.74, 6) is 0.846. The lowest BCUT2D eigenvalue weighted by Gasteiger charge is -2.26. The molecule has 1 aromatic rings. The molecule has 1 aromatic carbocycles. The molecule has 0 amide bonds. The predicted molar refractivity (Wildman–Crippen MR) is 84.6 cm³/mol. The summed E-state index contributed by atoms with van der Waals surface area (Å²) in [6.07, 6.45) is 0. The van der Waals surface area contributed by atoms with Gasteiger partial charge in [-0.15, -0.1) is 0 Å².